The molecule has 4 nitrogen and oxygen atoms in total. The topological polar surface area (TPSA) is 47.1 Å². The Morgan fingerprint density at radius 2 is 2.11 bits per heavy atom. The molecule has 0 radical (unpaired) electrons. The summed E-state index contributed by atoms with van der Waals surface area (Å²) in [6.45, 7) is 8.31. The van der Waals surface area contributed by atoms with Crippen LogP contribution in [0.5, 0.6) is 0 Å². The molecule has 0 saturated heterocycles. The number of fused-ring (bicyclic) bond motifs is 1. The summed E-state index contributed by atoms with van der Waals surface area (Å²) in [4.78, 5) is 6.72. The zero-order valence-corrected chi connectivity index (χ0v) is 11.6. The van der Waals surface area contributed by atoms with Crippen LogP contribution >= 0.6 is 0 Å². The summed E-state index contributed by atoms with van der Waals surface area (Å²) >= 11 is 0. The highest BCUT2D eigenvalue weighted by Crippen LogP contribution is 2.19. The molecule has 1 aromatic heterocycles. The SMILES string of the molecule is Cc1ccc2c(c1)nc(N)n2CCN(C)C(C)C. The maximum atomic E-state index is 6.00. The van der Waals surface area contributed by atoms with E-state index in [1.165, 1.54) is 5.56 Å². The molecule has 0 saturated carbocycles. The highest BCUT2D eigenvalue weighted by Gasteiger charge is 2.09. The fourth-order valence-corrected chi connectivity index (χ4v) is 2.01. The van der Waals surface area contributed by atoms with Crippen molar-refractivity contribution in [3.8, 4) is 0 Å². The monoisotopic (exact) mass is 246 g/mol. The summed E-state index contributed by atoms with van der Waals surface area (Å²) in [7, 11) is 2.13. The first-order valence-electron chi connectivity index (χ1n) is 6.41. The van der Waals surface area contributed by atoms with E-state index >= 15 is 0 Å². The summed E-state index contributed by atoms with van der Waals surface area (Å²) in [5.74, 6) is 0.604. The van der Waals surface area contributed by atoms with Crippen molar-refractivity contribution in [2.45, 2.75) is 33.4 Å². The van der Waals surface area contributed by atoms with Crippen molar-refractivity contribution in [2.24, 2.45) is 0 Å². The van der Waals surface area contributed by atoms with E-state index in [2.05, 4.69) is 60.5 Å². The van der Waals surface area contributed by atoms with Gasteiger partial charge in [0, 0.05) is 19.1 Å². The van der Waals surface area contributed by atoms with Gasteiger partial charge in [-0.25, -0.2) is 4.98 Å². The Kier molecular flexibility index (Phi) is 3.57. The van der Waals surface area contributed by atoms with E-state index in [0.29, 0.717) is 12.0 Å². The van der Waals surface area contributed by atoms with Crippen molar-refractivity contribution in [3.05, 3.63) is 23.8 Å². The van der Waals surface area contributed by atoms with Gasteiger partial charge >= 0.3 is 0 Å². The van der Waals surface area contributed by atoms with Gasteiger partial charge in [0.15, 0.2) is 0 Å². The quantitative estimate of drug-likeness (QED) is 0.900. The fourth-order valence-electron chi connectivity index (χ4n) is 2.01. The van der Waals surface area contributed by atoms with Gasteiger partial charge in [-0.2, -0.15) is 0 Å². The number of anilines is 1. The van der Waals surface area contributed by atoms with E-state index in [4.69, 9.17) is 5.73 Å². The van der Waals surface area contributed by atoms with E-state index < -0.39 is 0 Å². The van der Waals surface area contributed by atoms with Gasteiger partial charge in [0.05, 0.1) is 11.0 Å². The molecular weight excluding hydrogens is 224 g/mol. The standard InChI is InChI=1S/C14H22N4/c1-10(2)17(4)7-8-18-13-6-5-11(3)9-12(13)16-14(18)15/h5-6,9-10H,7-8H2,1-4H3,(H2,15,16). The van der Waals surface area contributed by atoms with E-state index in [1.807, 2.05) is 0 Å². The minimum atomic E-state index is 0.545. The molecule has 18 heavy (non-hydrogen) atoms. The largest absolute Gasteiger partial charge is 0.369 e. The third-order valence-electron chi connectivity index (χ3n) is 3.49. The Balaban J connectivity index is 2.25. The predicted octanol–water partition coefficient (Wildman–Crippen LogP) is 2.27. The van der Waals surface area contributed by atoms with Crippen LogP contribution in [0.4, 0.5) is 5.95 Å². The van der Waals surface area contributed by atoms with Crippen LogP contribution in [0.15, 0.2) is 18.2 Å². The van der Waals surface area contributed by atoms with Gasteiger partial charge in [0.25, 0.3) is 0 Å². The summed E-state index contributed by atoms with van der Waals surface area (Å²) in [6, 6.07) is 6.83. The molecule has 0 aliphatic rings. The molecule has 2 rings (SSSR count). The third kappa shape index (κ3) is 2.48. The number of rotatable bonds is 4. The Morgan fingerprint density at radius 1 is 1.39 bits per heavy atom. The number of nitrogens with two attached hydrogens (primary N) is 1. The van der Waals surface area contributed by atoms with Crippen LogP contribution in [-0.4, -0.2) is 34.1 Å². The van der Waals surface area contributed by atoms with Crippen LogP contribution < -0.4 is 5.73 Å². The van der Waals surface area contributed by atoms with Crippen molar-refractivity contribution in [1.29, 1.82) is 0 Å². The van der Waals surface area contributed by atoms with Crippen LogP contribution in [0.2, 0.25) is 0 Å². The van der Waals surface area contributed by atoms with Gasteiger partial charge in [-0.3, -0.25) is 0 Å². The molecule has 0 atom stereocenters. The number of nitrogens with zero attached hydrogens (tertiary/aromatic N) is 3. The molecule has 4 heteroatoms. The fraction of sp³-hybridized carbons (Fsp3) is 0.500. The van der Waals surface area contributed by atoms with Crippen molar-refractivity contribution in [3.63, 3.8) is 0 Å². The molecule has 0 fully saturated rings. The van der Waals surface area contributed by atoms with E-state index in [9.17, 15) is 0 Å². The minimum absolute atomic E-state index is 0.545. The normalized spacial score (nSPS) is 11.9. The molecule has 1 aromatic carbocycles. The first kappa shape index (κ1) is 12.9. The molecule has 0 aliphatic heterocycles. The Morgan fingerprint density at radius 3 is 2.78 bits per heavy atom. The lowest BCUT2D eigenvalue weighted by atomic mass is 10.2. The number of imidazole rings is 1. The number of likely N-dealkylation sites (N-methyl/N-ethyl adjacent to an activating group) is 1. The summed E-state index contributed by atoms with van der Waals surface area (Å²) in [6.07, 6.45) is 0. The lowest BCUT2D eigenvalue weighted by Gasteiger charge is -2.21. The average Bonchev–Trinajstić information content (AvgIpc) is 2.60. The maximum absolute atomic E-state index is 6.00. The van der Waals surface area contributed by atoms with Gasteiger partial charge in [0.1, 0.15) is 0 Å². The molecule has 0 bridgehead atoms. The molecule has 2 aromatic rings. The first-order valence-corrected chi connectivity index (χ1v) is 6.41. The molecule has 1 heterocycles. The summed E-state index contributed by atoms with van der Waals surface area (Å²) in [5, 5.41) is 0. The highest BCUT2D eigenvalue weighted by molar-refractivity contribution is 5.79. The van der Waals surface area contributed by atoms with Crippen LogP contribution in [-0.2, 0) is 6.54 Å². The molecule has 2 N–H and O–H groups in total. The first-order chi connectivity index (χ1) is 8.49. The number of benzene rings is 1. The smallest absolute Gasteiger partial charge is 0.201 e. The minimum Gasteiger partial charge on any atom is -0.369 e. The summed E-state index contributed by atoms with van der Waals surface area (Å²) in [5.41, 5.74) is 9.32. The zero-order valence-electron chi connectivity index (χ0n) is 11.6. The van der Waals surface area contributed by atoms with Crippen molar-refractivity contribution in [2.75, 3.05) is 19.3 Å². The average molecular weight is 246 g/mol. The molecule has 0 spiro atoms. The lowest BCUT2D eigenvalue weighted by molar-refractivity contribution is 0.264. The van der Waals surface area contributed by atoms with E-state index in [0.717, 1.165) is 24.1 Å². The second kappa shape index (κ2) is 4.98. The zero-order chi connectivity index (χ0) is 13.3. The van der Waals surface area contributed by atoms with Crippen LogP contribution in [0, 0.1) is 6.92 Å². The molecule has 0 amide bonds. The van der Waals surface area contributed by atoms with Gasteiger partial charge in [-0.15, -0.1) is 0 Å². The second-order valence-corrected chi connectivity index (χ2v) is 5.19. The number of hydrogen-bond donors (Lipinski definition) is 1. The third-order valence-corrected chi connectivity index (χ3v) is 3.49. The van der Waals surface area contributed by atoms with Gasteiger partial charge < -0.3 is 15.2 Å². The number of aromatic nitrogens is 2. The van der Waals surface area contributed by atoms with Crippen molar-refractivity contribution >= 4 is 17.0 Å². The molecular formula is C14H22N4. The van der Waals surface area contributed by atoms with E-state index in [1.54, 1.807) is 0 Å². The molecule has 0 unspecified atom stereocenters. The predicted molar refractivity (Wildman–Crippen MR) is 76.6 cm³/mol. The van der Waals surface area contributed by atoms with Crippen molar-refractivity contribution in [1.82, 2.24) is 14.5 Å². The summed E-state index contributed by atoms with van der Waals surface area (Å²) < 4.78 is 2.09. The Bertz CT molecular complexity index is 542. The second-order valence-electron chi connectivity index (χ2n) is 5.19. The Hall–Kier alpha value is -1.55. The lowest BCUT2D eigenvalue weighted by Crippen LogP contribution is -2.29. The van der Waals surface area contributed by atoms with Gasteiger partial charge in [-0.1, -0.05) is 6.07 Å². The molecule has 0 aliphatic carbocycles. The van der Waals surface area contributed by atoms with Gasteiger partial charge in [0.2, 0.25) is 5.95 Å². The number of aryl methyl sites for hydroxylation is 1. The van der Waals surface area contributed by atoms with Crippen LogP contribution in [0.25, 0.3) is 11.0 Å². The maximum Gasteiger partial charge on any atom is 0.201 e. The number of hydrogen-bond acceptors (Lipinski definition) is 3. The van der Waals surface area contributed by atoms with E-state index in [-0.39, 0.29) is 0 Å². The van der Waals surface area contributed by atoms with Crippen LogP contribution in [0.1, 0.15) is 19.4 Å². The van der Waals surface area contributed by atoms with Crippen LogP contribution in [0.3, 0.4) is 0 Å². The van der Waals surface area contributed by atoms with Gasteiger partial charge in [-0.05, 0) is 45.5 Å². The highest BCUT2D eigenvalue weighted by atomic mass is 15.2. The Labute approximate surface area is 108 Å². The van der Waals surface area contributed by atoms with Crippen molar-refractivity contribution < 1.29 is 0 Å². The number of nitrogen functional groups attached to an aromatic ring is 1. The molecule has 98 valence electrons.